The van der Waals surface area contributed by atoms with Crippen molar-refractivity contribution in [3.05, 3.63) is 54.1 Å². The van der Waals surface area contributed by atoms with Crippen molar-refractivity contribution >= 4 is 34.6 Å². The number of urea groups is 1. The van der Waals surface area contributed by atoms with Gasteiger partial charge in [0.15, 0.2) is 11.4 Å². The van der Waals surface area contributed by atoms with Crippen molar-refractivity contribution in [2.24, 2.45) is 0 Å². The molecule has 0 radical (unpaired) electrons. The van der Waals surface area contributed by atoms with Crippen LogP contribution in [0.2, 0.25) is 0 Å². The molecule has 0 saturated carbocycles. The lowest BCUT2D eigenvalue weighted by Gasteiger charge is -2.35. The Morgan fingerprint density at radius 3 is 2.75 bits per heavy atom. The lowest BCUT2D eigenvalue weighted by molar-refractivity contribution is 0.147. The van der Waals surface area contributed by atoms with Crippen LogP contribution in [-0.2, 0) is 6.42 Å². The monoisotopic (exact) mass is 394 g/mol. The molecule has 2 amide bonds. The molecule has 28 heavy (non-hydrogen) atoms. The number of nitrogens with zero attached hydrogens (tertiary/aromatic N) is 3. The van der Waals surface area contributed by atoms with E-state index in [1.165, 1.54) is 10.5 Å². The van der Waals surface area contributed by atoms with Gasteiger partial charge in [0.05, 0.1) is 5.39 Å². The van der Waals surface area contributed by atoms with Gasteiger partial charge >= 0.3 is 6.03 Å². The zero-order chi connectivity index (χ0) is 18.9. The molecule has 0 aliphatic carbocycles. The summed E-state index contributed by atoms with van der Waals surface area (Å²) in [7, 11) is 0. The number of carbonyl (C=O) groups is 1. The number of carbonyl (C=O) groups excluding carboxylic acids is 1. The number of piperazine rings is 1. The summed E-state index contributed by atoms with van der Waals surface area (Å²) in [6, 6.07) is 16.1. The van der Waals surface area contributed by atoms with Crippen LogP contribution in [0, 0.1) is 0 Å². The first-order valence-corrected chi connectivity index (χ1v) is 10.5. The first kappa shape index (κ1) is 17.6. The highest BCUT2D eigenvalue weighted by molar-refractivity contribution is 8.00. The first-order valence-electron chi connectivity index (χ1n) is 9.63. The number of fused-ring (bicyclic) bond motifs is 2. The van der Waals surface area contributed by atoms with Crippen LogP contribution in [0.25, 0.3) is 11.0 Å². The Bertz CT molecular complexity index is 972. The van der Waals surface area contributed by atoms with Crippen LogP contribution in [0.3, 0.4) is 0 Å². The summed E-state index contributed by atoms with van der Waals surface area (Å²) in [6.07, 6.45) is 1.14. The normalized spacial score (nSPS) is 19.7. The summed E-state index contributed by atoms with van der Waals surface area (Å²) >= 11 is 1.99. The maximum atomic E-state index is 12.6. The lowest BCUT2D eigenvalue weighted by Crippen LogP contribution is -2.51. The first-order chi connectivity index (χ1) is 13.8. The predicted octanol–water partition coefficient (Wildman–Crippen LogP) is 3.69. The number of aromatic nitrogens is 1. The Labute approximate surface area is 167 Å². The second kappa shape index (κ2) is 7.48. The van der Waals surface area contributed by atoms with Crippen LogP contribution in [0.1, 0.15) is 5.56 Å². The molecule has 1 unspecified atom stereocenters. The molecule has 1 saturated heterocycles. The van der Waals surface area contributed by atoms with Crippen molar-refractivity contribution in [2.45, 2.75) is 16.6 Å². The predicted molar refractivity (Wildman–Crippen MR) is 111 cm³/mol. The molecule has 1 fully saturated rings. The third kappa shape index (κ3) is 3.47. The Morgan fingerprint density at radius 1 is 1.11 bits per heavy atom. The summed E-state index contributed by atoms with van der Waals surface area (Å²) < 4.78 is 5.26. The largest absolute Gasteiger partial charge is 0.354 e. The Morgan fingerprint density at radius 2 is 1.89 bits per heavy atom. The number of amides is 2. The molecule has 6 nitrogen and oxygen atoms in total. The maximum absolute atomic E-state index is 12.6. The van der Waals surface area contributed by atoms with E-state index < -0.39 is 0 Å². The van der Waals surface area contributed by atoms with E-state index in [9.17, 15) is 4.79 Å². The van der Waals surface area contributed by atoms with E-state index in [1.54, 1.807) is 0 Å². The fourth-order valence-electron chi connectivity index (χ4n) is 3.93. The Hall–Kier alpha value is -2.51. The van der Waals surface area contributed by atoms with Gasteiger partial charge in [-0.1, -0.05) is 35.5 Å². The second-order valence-corrected chi connectivity index (χ2v) is 8.64. The van der Waals surface area contributed by atoms with Gasteiger partial charge in [-0.05, 0) is 30.2 Å². The Kier molecular flexibility index (Phi) is 4.70. The average molecular weight is 395 g/mol. The van der Waals surface area contributed by atoms with Crippen LogP contribution < -0.4 is 5.32 Å². The standard InChI is InChI=1S/C21H22N4O2S/c26-21(22-20-17-6-2-3-7-18(17)27-23-20)25-11-9-24(10-12-25)14-16-13-15-5-1-4-8-19(15)28-16/h1-8,16H,9-14H2,(H,22,23,26). The fourth-order valence-corrected chi connectivity index (χ4v) is 5.30. The topological polar surface area (TPSA) is 61.6 Å². The van der Waals surface area contributed by atoms with Gasteiger partial charge in [-0.3, -0.25) is 10.2 Å². The number of hydrogen-bond acceptors (Lipinski definition) is 5. The van der Waals surface area contributed by atoms with Gasteiger partial charge < -0.3 is 9.42 Å². The summed E-state index contributed by atoms with van der Waals surface area (Å²) in [5.74, 6) is 0.489. The number of anilines is 1. The van der Waals surface area contributed by atoms with Gasteiger partial charge in [-0.15, -0.1) is 11.8 Å². The van der Waals surface area contributed by atoms with Gasteiger partial charge in [0.1, 0.15) is 0 Å². The van der Waals surface area contributed by atoms with E-state index >= 15 is 0 Å². The maximum Gasteiger partial charge on any atom is 0.323 e. The number of hydrogen-bond donors (Lipinski definition) is 1. The van der Waals surface area contributed by atoms with Gasteiger partial charge in [-0.2, -0.15) is 0 Å². The molecule has 2 aliphatic rings. The molecular weight excluding hydrogens is 372 g/mol. The number of thioether (sulfide) groups is 1. The van der Waals surface area contributed by atoms with E-state index in [1.807, 2.05) is 40.9 Å². The van der Waals surface area contributed by atoms with E-state index in [0.717, 1.165) is 44.5 Å². The lowest BCUT2D eigenvalue weighted by atomic mass is 10.1. The van der Waals surface area contributed by atoms with Crippen molar-refractivity contribution in [1.82, 2.24) is 15.0 Å². The second-order valence-electron chi connectivity index (χ2n) is 7.30. The van der Waals surface area contributed by atoms with Crippen LogP contribution in [0.4, 0.5) is 10.6 Å². The van der Waals surface area contributed by atoms with Crippen LogP contribution in [-0.4, -0.2) is 59.0 Å². The van der Waals surface area contributed by atoms with Crippen LogP contribution in [0.5, 0.6) is 0 Å². The highest BCUT2D eigenvalue weighted by Crippen LogP contribution is 2.37. The molecule has 2 aromatic carbocycles. The third-order valence-electron chi connectivity index (χ3n) is 5.44. The smallest absolute Gasteiger partial charge is 0.323 e. The molecule has 1 atom stereocenters. The van der Waals surface area contributed by atoms with Gasteiger partial charge in [0, 0.05) is 42.9 Å². The van der Waals surface area contributed by atoms with Crippen molar-refractivity contribution < 1.29 is 9.32 Å². The van der Waals surface area contributed by atoms with Crippen molar-refractivity contribution in [3.63, 3.8) is 0 Å². The molecule has 2 aliphatic heterocycles. The summed E-state index contributed by atoms with van der Waals surface area (Å²) in [5.41, 5.74) is 2.15. The summed E-state index contributed by atoms with van der Waals surface area (Å²) in [6.45, 7) is 4.33. The number of para-hydroxylation sites is 1. The molecular formula is C21H22N4O2S. The summed E-state index contributed by atoms with van der Waals surface area (Å²) in [4.78, 5) is 18.4. The van der Waals surface area contributed by atoms with E-state index in [2.05, 4.69) is 39.6 Å². The quantitative estimate of drug-likeness (QED) is 0.734. The molecule has 5 rings (SSSR count). The molecule has 7 heteroatoms. The molecule has 1 N–H and O–H groups in total. The fraction of sp³-hybridized carbons (Fsp3) is 0.333. The zero-order valence-electron chi connectivity index (χ0n) is 15.5. The number of nitrogens with one attached hydrogen (secondary N) is 1. The molecule has 144 valence electrons. The van der Waals surface area contributed by atoms with Gasteiger partial charge in [-0.25, -0.2) is 4.79 Å². The molecule has 0 spiro atoms. The highest BCUT2D eigenvalue weighted by atomic mass is 32.2. The third-order valence-corrected chi connectivity index (χ3v) is 6.74. The molecule has 3 heterocycles. The molecule has 1 aromatic heterocycles. The van der Waals surface area contributed by atoms with Crippen LogP contribution >= 0.6 is 11.8 Å². The SMILES string of the molecule is O=C(Nc1noc2ccccc12)N1CCN(CC2Cc3ccccc3S2)CC1. The van der Waals surface area contributed by atoms with Crippen LogP contribution in [0.15, 0.2) is 57.9 Å². The van der Waals surface area contributed by atoms with Crippen molar-refractivity contribution in [3.8, 4) is 0 Å². The minimum absolute atomic E-state index is 0.110. The molecule has 3 aromatic rings. The van der Waals surface area contributed by atoms with Gasteiger partial charge in [0.25, 0.3) is 0 Å². The zero-order valence-corrected chi connectivity index (χ0v) is 16.3. The van der Waals surface area contributed by atoms with E-state index in [-0.39, 0.29) is 6.03 Å². The van der Waals surface area contributed by atoms with E-state index in [0.29, 0.717) is 16.7 Å². The average Bonchev–Trinajstić information content (AvgIpc) is 3.32. The number of rotatable bonds is 3. The van der Waals surface area contributed by atoms with E-state index in [4.69, 9.17) is 4.52 Å². The number of benzene rings is 2. The summed E-state index contributed by atoms with van der Waals surface area (Å²) in [5, 5.41) is 8.32. The van der Waals surface area contributed by atoms with Crippen molar-refractivity contribution in [2.75, 3.05) is 38.0 Å². The minimum Gasteiger partial charge on any atom is -0.354 e. The van der Waals surface area contributed by atoms with Gasteiger partial charge in [0.2, 0.25) is 0 Å². The van der Waals surface area contributed by atoms with Crippen molar-refractivity contribution in [1.29, 1.82) is 0 Å². The molecule has 0 bridgehead atoms. The minimum atomic E-state index is -0.110. The highest BCUT2D eigenvalue weighted by Gasteiger charge is 2.27. The Balaban J connectivity index is 1.14.